The lowest BCUT2D eigenvalue weighted by molar-refractivity contribution is -0.117. The van der Waals surface area contributed by atoms with Crippen molar-refractivity contribution in [3.63, 3.8) is 0 Å². The maximum absolute atomic E-state index is 12.3. The van der Waals surface area contributed by atoms with Crippen molar-refractivity contribution in [2.45, 2.75) is 33.5 Å². The van der Waals surface area contributed by atoms with E-state index in [0.29, 0.717) is 34.4 Å². The number of carbonyl (C=O) groups is 1. The van der Waals surface area contributed by atoms with Crippen LogP contribution in [0.1, 0.15) is 35.1 Å². The lowest BCUT2D eigenvalue weighted by atomic mass is 10.1. The first-order chi connectivity index (χ1) is 22.6. The van der Waals surface area contributed by atoms with Crippen molar-refractivity contribution in [2.24, 2.45) is 5.73 Å². The molecule has 0 saturated heterocycles. The zero-order valence-electron chi connectivity index (χ0n) is 26.2. The molecule has 1 amide bonds. The lowest BCUT2D eigenvalue weighted by Crippen LogP contribution is -2.13. The molecule has 12 nitrogen and oxygen atoms in total. The second-order valence-electron chi connectivity index (χ2n) is 10.4. The van der Waals surface area contributed by atoms with Gasteiger partial charge < -0.3 is 33.8 Å². The molecule has 244 valence electrons. The van der Waals surface area contributed by atoms with Crippen LogP contribution in [-0.2, 0) is 33.5 Å². The van der Waals surface area contributed by atoms with Crippen LogP contribution in [0.3, 0.4) is 0 Å². The first-order valence-electron chi connectivity index (χ1n) is 14.7. The number of methoxy groups -OCH3 is 1. The Morgan fingerprint density at radius 2 is 1.83 bits per heavy atom. The average Bonchev–Trinajstić information content (AvgIpc) is 3.65. The number of hydrogen-bond acceptors (Lipinski definition) is 9. The molecule has 0 aliphatic heterocycles. The fraction of sp³-hybridized carbons (Fsp3) is 0.206. The van der Waals surface area contributed by atoms with Gasteiger partial charge in [-0.15, -0.1) is 5.10 Å². The van der Waals surface area contributed by atoms with Crippen molar-refractivity contribution in [1.29, 1.82) is 0 Å². The van der Waals surface area contributed by atoms with Crippen LogP contribution in [0.2, 0.25) is 0 Å². The van der Waals surface area contributed by atoms with E-state index < -0.39 is 13.5 Å². The number of carbonyl (C=O) groups excluding carboxylic acids is 1. The summed E-state index contributed by atoms with van der Waals surface area (Å²) in [6.07, 6.45) is 3.30. The van der Waals surface area contributed by atoms with Gasteiger partial charge in [-0.25, -0.2) is 9.67 Å². The molecule has 2 heterocycles. The van der Waals surface area contributed by atoms with Gasteiger partial charge in [0.1, 0.15) is 24.7 Å². The smallest absolute Gasteiger partial charge is 0.351 e. The number of primary amides is 1. The number of para-hydroxylation sites is 1. The van der Waals surface area contributed by atoms with E-state index in [-0.39, 0.29) is 32.1 Å². The molecule has 0 aliphatic rings. The van der Waals surface area contributed by atoms with Crippen molar-refractivity contribution in [1.82, 2.24) is 14.8 Å². The zero-order chi connectivity index (χ0) is 33.4. The second-order valence-corrected chi connectivity index (χ2v) is 12.1. The quantitative estimate of drug-likeness (QED) is 0.124. The van der Waals surface area contributed by atoms with Crippen LogP contribution < -0.4 is 19.9 Å². The summed E-state index contributed by atoms with van der Waals surface area (Å²) in [5.41, 5.74) is 9.51. The lowest BCUT2D eigenvalue weighted by Gasteiger charge is -2.12. The van der Waals surface area contributed by atoms with Gasteiger partial charge in [-0.3, -0.25) is 9.36 Å². The topological polar surface area (TPSA) is 161 Å². The van der Waals surface area contributed by atoms with Crippen LogP contribution in [0.5, 0.6) is 17.4 Å². The average molecular weight is 659 g/mol. The van der Waals surface area contributed by atoms with Gasteiger partial charge in [0.25, 0.3) is 0 Å². The second kappa shape index (κ2) is 15.0. The number of hydrogen-bond donors (Lipinski definition) is 2. The first-order valence-corrected chi connectivity index (χ1v) is 16.4. The fourth-order valence-electron chi connectivity index (χ4n) is 4.63. The summed E-state index contributed by atoms with van der Waals surface area (Å²) in [5, 5.41) is 4.55. The normalized spacial score (nSPS) is 12.6. The summed E-state index contributed by atoms with van der Waals surface area (Å²) in [7, 11) is -2.37. The standard InChI is InChI=1S/C34H35N4O8P/c1-4-45-47(40,41)16-15-27-20-38(28-11-6-5-7-12-28)37-34(27)44-21-25-13-14-30(31(18-25)42-3)43-22-29-23(2)46-33(36-29)26-10-8-9-24(17-26)19-32(35)39/h5-18,20H,4,19,21-22H2,1-3H3,(H2,35,39)(H,40,41)/b16-15+. The van der Waals surface area contributed by atoms with Gasteiger partial charge in [-0.2, -0.15) is 0 Å². The van der Waals surface area contributed by atoms with E-state index in [1.165, 1.54) is 6.08 Å². The Balaban J connectivity index is 1.29. The van der Waals surface area contributed by atoms with E-state index >= 15 is 0 Å². The summed E-state index contributed by atoms with van der Waals surface area (Å²) in [4.78, 5) is 26.0. The van der Waals surface area contributed by atoms with Crippen LogP contribution in [0.25, 0.3) is 23.2 Å². The highest BCUT2D eigenvalue weighted by Crippen LogP contribution is 2.44. The van der Waals surface area contributed by atoms with Crippen LogP contribution in [-0.4, -0.2) is 39.3 Å². The molecule has 1 unspecified atom stereocenters. The number of amides is 1. The molecule has 3 aromatic carbocycles. The Labute approximate surface area is 271 Å². The molecular formula is C34H35N4O8P. The minimum atomic E-state index is -3.92. The van der Waals surface area contributed by atoms with Crippen molar-refractivity contribution < 1.29 is 37.4 Å². The highest BCUT2D eigenvalue weighted by atomic mass is 31.2. The van der Waals surface area contributed by atoms with E-state index in [0.717, 1.165) is 28.2 Å². The van der Waals surface area contributed by atoms with Gasteiger partial charge in [-0.05, 0) is 67.4 Å². The predicted molar refractivity (Wildman–Crippen MR) is 175 cm³/mol. The summed E-state index contributed by atoms with van der Waals surface area (Å²) < 4.78 is 42.4. The minimum absolute atomic E-state index is 0.0969. The van der Waals surface area contributed by atoms with Crippen LogP contribution >= 0.6 is 7.60 Å². The van der Waals surface area contributed by atoms with Gasteiger partial charge >= 0.3 is 7.60 Å². The number of nitrogens with zero attached hydrogens (tertiary/aromatic N) is 3. The number of benzene rings is 3. The number of aryl methyl sites for hydroxylation is 1. The molecule has 5 rings (SSSR count). The van der Waals surface area contributed by atoms with Crippen LogP contribution in [0, 0.1) is 6.92 Å². The van der Waals surface area contributed by atoms with E-state index in [1.54, 1.807) is 44.0 Å². The van der Waals surface area contributed by atoms with E-state index in [4.69, 9.17) is 28.9 Å². The summed E-state index contributed by atoms with van der Waals surface area (Å²) in [6.45, 7) is 3.81. The highest BCUT2D eigenvalue weighted by molar-refractivity contribution is 7.56. The van der Waals surface area contributed by atoms with Crippen molar-refractivity contribution in [3.05, 3.63) is 113 Å². The Morgan fingerprint density at radius 1 is 1.02 bits per heavy atom. The molecule has 0 saturated carbocycles. The third-order valence-electron chi connectivity index (χ3n) is 6.90. The van der Waals surface area contributed by atoms with Gasteiger partial charge in [0.2, 0.25) is 17.7 Å². The Morgan fingerprint density at radius 3 is 2.57 bits per heavy atom. The van der Waals surface area contributed by atoms with Gasteiger partial charge in [0.05, 0.1) is 31.4 Å². The van der Waals surface area contributed by atoms with Crippen LogP contribution in [0.15, 0.2) is 89.2 Å². The molecule has 1 atom stereocenters. The SMILES string of the molecule is CCOP(=O)(O)/C=C/c1cn(-c2ccccc2)nc1OCc1ccc(OCc2nc(-c3cccc(CC(N)=O)c3)oc2C)c(OC)c1. The van der Waals surface area contributed by atoms with Gasteiger partial charge in [-0.1, -0.05) is 36.4 Å². The Bertz CT molecular complexity index is 1920. The van der Waals surface area contributed by atoms with E-state index in [1.807, 2.05) is 60.7 Å². The first kappa shape index (κ1) is 33.2. The highest BCUT2D eigenvalue weighted by Gasteiger charge is 2.17. The number of oxazole rings is 1. The molecule has 5 aromatic rings. The number of rotatable bonds is 15. The molecule has 0 aliphatic carbocycles. The molecule has 3 N–H and O–H groups in total. The third-order valence-corrected chi connectivity index (χ3v) is 8.05. The Kier molecular flexibility index (Phi) is 10.6. The summed E-state index contributed by atoms with van der Waals surface area (Å²) in [6, 6.07) is 22.2. The molecule has 0 spiro atoms. The van der Waals surface area contributed by atoms with E-state index in [2.05, 4.69) is 10.1 Å². The van der Waals surface area contributed by atoms with Gasteiger partial charge in [0.15, 0.2) is 11.5 Å². The zero-order valence-corrected chi connectivity index (χ0v) is 27.1. The largest absolute Gasteiger partial charge is 0.493 e. The monoisotopic (exact) mass is 658 g/mol. The fourth-order valence-corrected chi connectivity index (χ4v) is 5.44. The van der Waals surface area contributed by atoms with Crippen molar-refractivity contribution >= 4 is 19.6 Å². The number of aromatic nitrogens is 3. The van der Waals surface area contributed by atoms with Crippen LogP contribution in [0.4, 0.5) is 0 Å². The van der Waals surface area contributed by atoms with Crippen molar-refractivity contribution in [3.8, 4) is 34.5 Å². The number of nitrogens with two attached hydrogens (primary N) is 1. The summed E-state index contributed by atoms with van der Waals surface area (Å²) >= 11 is 0. The minimum Gasteiger partial charge on any atom is -0.493 e. The maximum atomic E-state index is 12.3. The molecule has 13 heteroatoms. The predicted octanol–water partition coefficient (Wildman–Crippen LogP) is 6.22. The van der Waals surface area contributed by atoms with Gasteiger partial charge in [0, 0.05) is 17.6 Å². The molecule has 0 fully saturated rings. The molecule has 2 aromatic heterocycles. The molecule has 47 heavy (non-hydrogen) atoms. The summed E-state index contributed by atoms with van der Waals surface area (Å²) in [5.74, 6) is 2.96. The maximum Gasteiger partial charge on any atom is 0.351 e. The molecule has 0 radical (unpaired) electrons. The Hall–Kier alpha value is -5.16. The van der Waals surface area contributed by atoms with Crippen molar-refractivity contribution in [2.75, 3.05) is 13.7 Å². The van der Waals surface area contributed by atoms with E-state index in [9.17, 15) is 14.3 Å². The number of ether oxygens (including phenoxy) is 3. The molecule has 0 bridgehead atoms. The molecular weight excluding hydrogens is 623 g/mol. The third kappa shape index (κ3) is 8.76.